The number of rotatable bonds is 3. The lowest BCUT2D eigenvalue weighted by Gasteiger charge is -2.40. The van der Waals surface area contributed by atoms with Crippen LogP contribution in [0.2, 0.25) is 0 Å². The van der Waals surface area contributed by atoms with Gasteiger partial charge in [-0.05, 0) is 39.5 Å². The summed E-state index contributed by atoms with van der Waals surface area (Å²) in [5, 5.41) is 9.44. The van der Waals surface area contributed by atoms with Crippen LogP contribution in [-0.2, 0) is 0 Å². The first-order valence-corrected chi connectivity index (χ1v) is 7.79. The van der Waals surface area contributed by atoms with E-state index in [1.54, 1.807) is 0 Å². The highest BCUT2D eigenvalue weighted by Crippen LogP contribution is 2.27. The molecule has 2 heterocycles. The van der Waals surface area contributed by atoms with Gasteiger partial charge in [0.25, 0.3) is 0 Å². The molecule has 0 aliphatic carbocycles. The van der Waals surface area contributed by atoms with Crippen molar-refractivity contribution < 1.29 is 9.90 Å². The number of nitrogens with one attached hydrogen (secondary N) is 1. The third-order valence-electron chi connectivity index (χ3n) is 4.16. The summed E-state index contributed by atoms with van der Waals surface area (Å²) in [6.07, 6.45) is 2.49. The van der Waals surface area contributed by atoms with E-state index in [0.717, 1.165) is 19.4 Å². The molecule has 1 saturated heterocycles. The van der Waals surface area contributed by atoms with Crippen molar-refractivity contribution in [3.63, 3.8) is 0 Å². The number of aromatic nitrogens is 2. The van der Waals surface area contributed by atoms with Gasteiger partial charge in [0, 0.05) is 25.2 Å². The minimum absolute atomic E-state index is 0.213. The number of hydrogen-bond acceptors (Lipinski definition) is 5. The van der Waals surface area contributed by atoms with Gasteiger partial charge in [-0.2, -0.15) is 4.98 Å². The summed E-state index contributed by atoms with van der Waals surface area (Å²) >= 11 is 0. The maximum atomic E-state index is 11.5. The van der Waals surface area contributed by atoms with Gasteiger partial charge in [-0.25, -0.2) is 9.59 Å². The van der Waals surface area contributed by atoms with Crippen molar-refractivity contribution in [3.8, 4) is 0 Å². The summed E-state index contributed by atoms with van der Waals surface area (Å²) in [7, 11) is 0. The Morgan fingerprint density at radius 3 is 2.83 bits per heavy atom. The quantitative estimate of drug-likeness (QED) is 0.773. The van der Waals surface area contributed by atoms with Crippen LogP contribution in [0.5, 0.6) is 0 Å². The molecule has 8 heteroatoms. The topological polar surface area (TPSA) is 116 Å². The molecule has 2 rings (SSSR count). The number of aromatic amines is 1. The van der Waals surface area contributed by atoms with Gasteiger partial charge in [-0.1, -0.05) is 0 Å². The Bertz CT molecular complexity index is 622. The van der Waals surface area contributed by atoms with Gasteiger partial charge in [-0.15, -0.1) is 0 Å². The number of amides is 1. The molecular weight excluding hydrogens is 298 g/mol. The predicted octanol–water partition coefficient (Wildman–Crippen LogP) is 1.35. The average molecular weight is 323 g/mol. The SMILES string of the molecule is CC(C)(C)N(CC1CCCN(c2cnc(=O)[nH]c2N)C1)C(=O)O. The van der Waals surface area contributed by atoms with Crippen LogP contribution < -0.4 is 16.3 Å². The van der Waals surface area contributed by atoms with Gasteiger partial charge in [0.2, 0.25) is 0 Å². The van der Waals surface area contributed by atoms with Crippen molar-refractivity contribution in [1.82, 2.24) is 14.9 Å². The molecule has 1 amide bonds. The highest BCUT2D eigenvalue weighted by molar-refractivity contribution is 5.66. The van der Waals surface area contributed by atoms with E-state index in [-0.39, 0.29) is 5.92 Å². The molecule has 0 spiro atoms. The molecule has 1 aromatic heterocycles. The lowest BCUT2D eigenvalue weighted by Crippen LogP contribution is -2.50. The number of carboxylic acid groups (broad SMARTS) is 1. The van der Waals surface area contributed by atoms with Crippen molar-refractivity contribution in [2.45, 2.75) is 39.2 Å². The number of nitrogens with zero attached hydrogens (tertiary/aromatic N) is 3. The molecule has 8 nitrogen and oxygen atoms in total. The van der Waals surface area contributed by atoms with Crippen LogP contribution in [0.4, 0.5) is 16.3 Å². The number of piperidine rings is 1. The van der Waals surface area contributed by atoms with Crippen molar-refractivity contribution in [1.29, 1.82) is 0 Å². The maximum absolute atomic E-state index is 11.5. The van der Waals surface area contributed by atoms with Crippen molar-refractivity contribution >= 4 is 17.6 Å². The fourth-order valence-corrected chi connectivity index (χ4v) is 2.98. The Labute approximate surface area is 135 Å². The standard InChI is InChI=1S/C15H25N5O3/c1-15(2,3)20(14(22)23)9-10-5-4-6-19(8-10)11-7-17-13(21)18-12(11)16/h7,10H,4-6,8-9H2,1-3H3,(H,22,23)(H3,16,17,18,21). The van der Waals surface area contributed by atoms with Gasteiger partial charge in [0.15, 0.2) is 0 Å². The molecule has 128 valence electrons. The van der Waals surface area contributed by atoms with Crippen LogP contribution in [0.1, 0.15) is 33.6 Å². The molecule has 1 aliphatic heterocycles. The van der Waals surface area contributed by atoms with Crippen molar-refractivity contribution in [2.75, 3.05) is 30.3 Å². The van der Waals surface area contributed by atoms with E-state index in [4.69, 9.17) is 5.73 Å². The summed E-state index contributed by atoms with van der Waals surface area (Å²) < 4.78 is 0. The van der Waals surface area contributed by atoms with E-state index < -0.39 is 17.3 Å². The van der Waals surface area contributed by atoms with Crippen LogP contribution >= 0.6 is 0 Å². The second-order valence-corrected chi connectivity index (χ2v) is 7.01. The maximum Gasteiger partial charge on any atom is 0.407 e. The molecule has 0 aromatic carbocycles. The highest BCUT2D eigenvalue weighted by Gasteiger charge is 2.31. The molecule has 1 fully saturated rings. The minimum Gasteiger partial charge on any atom is -0.465 e. The lowest BCUT2D eigenvalue weighted by molar-refractivity contribution is 0.0864. The number of hydrogen-bond donors (Lipinski definition) is 3. The molecule has 23 heavy (non-hydrogen) atoms. The largest absolute Gasteiger partial charge is 0.465 e. The normalized spacial score (nSPS) is 18.7. The van der Waals surface area contributed by atoms with E-state index in [9.17, 15) is 14.7 Å². The molecule has 1 aromatic rings. The zero-order chi connectivity index (χ0) is 17.2. The van der Waals surface area contributed by atoms with Crippen LogP contribution in [0.3, 0.4) is 0 Å². The zero-order valence-corrected chi connectivity index (χ0v) is 13.9. The first kappa shape index (κ1) is 17.1. The van der Waals surface area contributed by atoms with Crippen molar-refractivity contribution in [2.24, 2.45) is 5.92 Å². The first-order chi connectivity index (χ1) is 10.7. The Morgan fingerprint density at radius 1 is 1.57 bits per heavy atom. The molecule has 1 unspecified atom stereocenters. The minimum atomic E-state index is -0.903. The summed E-state index contributed by atoms with van der Waals surface area (Å²) in [6, 6.07) is 0. The third-order valence-corrected chi connectivity index (χ3v) is 4.16. The summed E-state index contributed by atoms with van der Waals surface area (Å²) in [6.45, 7) is 7.67. The monoisotopic (exact) mass is 323 g/mol. The van der Waals surface area contributed by atoms with Crippen LogP contribution in [-0.4, -0.2) is 51.2 Å². The van der Waals surface area contributed by atoms with E-state index >= 15 is 0 Å². The Morgan fingerprint density at radius 2 is 2.26 bits per heavy atom. The summed E-state index contributed by atoms with van der Waals surface area (Å²) in [5.41, 5.74) is 5.67. The molecule has 0 bridgehead atoms. The second-order valence-electron chi connectivity index (χ2n) is 7.01. The van der Waals surface area contributed by atoms with Crippen LogP contribution in [0.25, 0.3) is 0 Å². The fourth-order valence-electron chi connectivity index (χ4n) is 2.98. The third kappa shape index (κ3) is 4.14. The highest BCUT2D eigenvalue weighted by atomic mass is 16.4. The van der Waals surface area contributed by atoms with Gasteiger partial charge >= 0.3 is 11.8 Å². The number of carbonyl (C=O) groups is 1. The predicted molar refractivity (Wildman–Crippen MR) is 88.7 cm³/mol. The fraction of sp³-hybridized carbons (Fsp3) is 0.667. The Hall–Kier alpha value is -2.25. The number of nitrogens with two attached hydrogens (primary N) is 1. The summed E-state index contributed by atoms with van der Waals surface area (Å²) in [5.74, 6) is 0.516. The molecule has 1 atom stereocenters. The summed E-state index contributed by atoms with van der Waals surface area (Å²) in [4.78, 5) is 32.5. The lowest BCUT2D eigenvalue weighted by atomic mass is 9.95. The van der Waals surface area contributed by atoms with Gasteiger partial charge in [-0.3, -0.25) is 4.98 Å². The number of nitrogen functional groups attached to an aromatic ring is 1. The molecule has 0 radical (unpaired) electrons. The van der Waals surface area contributed by atoms with Gasteiger partial charge in [0.1, 0.15) is 5.82 Å². The average Bonchev–Trinajstić information content (AvgIpc) is 2.43. The van der Waals surface area contributed by atoms with E-state index in [1.807, 2.05) is 20.8 Å². The van der Waals surface area contributed by atoms with E-state index in [1.165, 1.54) is 11.1 Å². The number of anilines is 2. The van der Waals surface area contributed by atoms with Gasteiger partial charge in [0.05, 0.1) is 11.9 Å². The molecule has 0 saturated carbocycles. The van der Waals surface area contributed by atoms with E-state index in [0.29, 0.717) is 24.6 Å². The van der Waals surface area contributed by atoms with E-state index in [2.05, 4.69) is 14.9 Å². The first-order valence-electron chi connectivity index (χ1n) is 7.79. The smallest absolute Gasteiger partial charge is 0.407 e. The van der Waals surface area contributed by atoms with Crippen molar-refractivity contribution in [3.05, 3.63) is 16.7 Å². The van der Waals surface area contributed by atoms with Gasteiger partial charge < -0.3 is 20.6 Å². The Kier molecular flexibility index (Phi) is 4.82. The Balaban J connectivity index is 2.11. The zero-order valence-electron chi connectivity index (χ0n) is 13.9. The molecular formula is C15H25N5O3. The molecule has 4 N–H and O–H groups in total. The van der Waals surface area contributed by atoms with Crippen LogP contribution in [0.15, 0.2) is 11.0 Å². The second kappa shape index (κ2) is 6.47. The van der Waals surface area contributed by atoms with Crippen LogP contribution in [0, 0.1) is 5.92 Å². The number of H-pyrrole nitrogens is 1. The molecule has 1 aliphatic rings.